The molecule has 0 fully saturated rings. The first-order valence-electron chi connectivity index (χ1n) is 5.13. The minimum absolute atomic E-state index is 0.0279. The molecule has 16 heavy (non-hydrogen) atoms. The predicted molar refractivity (Wildman–Crippen MR) is 69.7 cm³/mol. The Morgan fingerprint density at radius 2 is 2.25 bits per heavy atom. The molecule has 1 amide bonds. The van der Waals surface area contributed by atoms with Gasteiger partial charge in [-0.05, 0) is 32.2 Å². The minimum Gasteiger partial charge on any atom is -0.397 e. The van der Waals surface area contributed by atoms with E-state index >= 15 is 0 Å². The van der Waals surface area contributed by atoms with Crippen LogP contribution in [-0.4, -0.2) is 22.9 Å². The number of nitrogens with two attached hydrogens (primary N) is 1. The van der Waals surface area contributed by atoms with Gasteiger partial charge in [-0.2, -0.15) is 0 Å². The highest BCUT2D eigenvalue weighted by atomic mass is 32.1. The lowest BCUT2D eigenvalue weighted by atomic mass is 10.1. The molecule has 0 bridgehead atoms. The predicted octanol–water partition coefficient (Wildman–Crippen LogP) is 2.76. The van der Waals surface area contributed by atoms with E-state index in [2.05, 4.69) is 6.58 Å². The quantitative estimate of drug-likeness (QED) is 0.823. The number of thiophene rings is 1. The molecule has 88 valence electrons. The van der Waals surface area contributed by atoms with Crippen LogP contribution in [0.1, 0.15) is 30.4 Å². The van der Waals surface area contributed by atoms with E-state index in [9.17, 15) is 4.79 Å². The van der Waals surface area contributed by atoms with Gasteiger partial charge in [0.1, 0.15) is 4.88 Å². The van der Waals surface area contributed by atoms with Crippen LogP contribution >= 0.6 is 11.3 Å². The number of hydrogen-bond acceptors (Lipinski definition) is 3. The van der Waals surface area contributed by atoms with Crippen molar-refractivity contribution in [3.63, 3.8) is 0 Å². The van der Waals surface area contributed by atoms with E-state index in [-0.39, 0.29) is 11.4 Å². The molecule has 0 aliphatic heterocycles. The molecule has 3 nitrogen and oxygen atoms in total. The first kappa shape index (κ1) is 12.8. The molecule has 0 radical (unpaired) electrons. The van der Waals surface area contributed by atoms with Crippen LogP contribution in [0.25, 0.3) is 0 Å². The number of nitrogens with zero attached hydrogens (tertiary/aromatic N) is 1. The molecule has 0 saturated heterocycles. The summed E-state index contributed by atoms with van der Waals surface area (Å²) in [4.78, 5) is 14.6. The zero-order valence-electron chi connectivity index (χ0n) is 9.99. The standard InChI is InChI=1S/C12H18N2OS/c1-5-7-14(12(2,3)4)11(15)10-9(13)6-8-16-10/h5-6,8H,1,7,13H2,2-4H3. The van der Waals surface area contributed by atoms with Crippen LogP contribution in [-0.2, 0) is 0 Å². The van der Waals surface area contributed by atoms with Crippen LogP contribution in [0.3, 0.4) is 0 Å². The van der Waals surface area contributed by atoms with Gasteiger partial charge in [0.2, 0.25) is 0 Å². The highest BCUT2D eigenvalue weighted by Gasteiger charge is 2.27. The topological polar surface area (TPSA) is 46.3 Å². The molecule has 0 aliphatic rings. The molecule has 1 aromatic rings. The second-order valence-electron chi connectivity index (χ2n) is 4.58. The summed E-state index contributed by atoms with van der Waals surface area (Å²) in [6, 6.07) is 1.76. The molecule has 0 aliphatic carbocycles. The largest absolute Gasteiger partial charge is 0.397 e. The molecule has 0 spiro atoms. The Morgan fingerprint density at radius 3 is 2.62 bits per heavy atom. The lowest BCUT2D eigenvalue weighted by Gasteiger charge is -2.34. The van der Waals surface area contributed by atoms with Crippen LogP contribution in [0.15, 0.2) is 24.1 Å². The smallest absolute Gasteiger partial charge is 0.266 e. The monoisotopic (exact) mass is 238 g/mol. The van der Waals surface area contributed by atoms with Gasteiger partial charge >= 0.3 is 0 Å². The fourth-order valence-corrected chi connectivity index (χ4v) is 2.17. The number of anilines is 1. The zero-order valence-corrected chi connectivity index (χ0v) is 10.8. The molecule has 0 saturated carbocycles. The maximum absolute atomic E-state index is 12.3. The van der Waals surface area contributed by atoms with Crippen molar-refractivity contribution < 1.29 is 4.79 Å². The molecule has 0 unspecified atom stereocenters. The van der Waals surface area contributed by atoms with E-state index in [1.54, 1.807) is 17.0 Å². The van der Waals surface area contributed by atoms with Crippen molar-refractivity contribution in [3.05, 3.63) is 29.0 Å². The Kier molecular flexibility index (Phi) is 3.75. The van der Waals surface area contributed by atoms with Crippen LogP contribution in [0, 0.1) is 0 Å². The molecular formula is C12H18N2OS. The van der Waals surface area contributed by atoms with Crippen molar-refractivity contribution in [2.45, 2.75) is 26.3 Å². The number of hydrogen-bond donors (Lipinski definition) is 1. The Morgan fingerprint density at radius 1 is 1.62 bits per heavy atom. The van der Waals surface area contributed by atoms with Gasteiger partial charge in [-0.15, -0.1) is 17.9 Å². The van der Waals surface area contributed by atoms with Crippen molar-refractivity contribution >= 4 is 22.9 Å². The summed E-state index contributed by atoms with van der Waals surface area (Å²) in [5, 5.41) is 1.83. The maximum Gasteiger partial charge on any atom is 0.266 e. The van der Waals surface area contributed by atoms with Crippen molar-refractivity contribution in [2.24, 2.45) is 0 Å². The molecule has 0 aromatic carbocycles. The van der Waals surface area contributed by atoms with Gasteiger partial charge in [0.15, 0.2) is 0 Å². The highest BCUT2D eigenvalue weighted by Crippen LogP contribution is 2.24. The molecule has 4 heteroatoms. The third-order valence-corrected chi connectivity index (χ3v) is 3.17. The van der Waals surface area contributed by atoms with Crippen molar-refractivity contribution in [1.29, 1.82) is 0 Å². The third-order valence-electron chi connectivity index (χ3n) is 2.26. The number of rotatable bonds is 3. The zero-order chi connectivity index (χ0) is 12.3. The average molecular weight is 238 g/mol. The van der Waals surface area contributed by atoms with Gasteiger partial charge in [-0.1, -0.05) is 6.08 Å². The summed E-state index contributed by atoms with van der Waals surface area (Å²) < 4.78 is 0. The van der Waals surface area contributed by atoms with Crippen LogP contribution in [0.2, 0.25) is 0 Å². The van der Waals surface area contributed by atoms with Gasteiger partial charge in [0.05, 0.1) is 5.69 Å². The van der Waals surface area contributed by atoms with E-state index in [1.807, 2.05) is 26.2 Å². The molecule has 1 heterocycles. The summed E-state index contributed by atoms with van der Waals surface area (Å²) >= 11 is 1.38. The summed E-state index contributed by atoms with van der Waals surface area (Å²) in [6.07, 6.45) is 1.73. The summed E-state index contributed by atoms with van der Waals surface area (Å²) in [5.41, 5.74) is 6.07. The van der Waals surface area contributed by atoms with Gasteiger partial charge in [-0.3, -0.25) is 4.79 Å². The Labute approximate surface area is 101 Å². The van der Waals surface area contributed by atoms with Crippen LogP contribution < -0.4 is 5.73 Å². The van der Waals surface area contributed by atoms with Crippen LogP contribution in [0.4, 0.5) is 5.69 Å². The van der Waals surface area contributed by atoms with E-state index in [1.165, 1.54) is 11.3 Å². The number of amides is 1. The molecule has 0 atom stereocenters. The summed E-state index contributed by atoms with van der Waals surface area (Å²) in [6.45, 7) is 10.2. The van der Waals surface area contributed by atoms with Crippen LogP contribution in [0.5, 0.6) is 0 Å². The second-order valence-corrected chi connectivity index (χ2v) is 5.50. The van der Waals surface area contributed by atoms with Crippen molar-refractivity contribution in [1.82, 2.24) is 4.90 Å². The highest BCUT2D eigenvalue weighted by molar-refractivity contribution is 7.12. The third kappa shape index (κ3) is 2.64. The molecule has 1 rings (SSSR count). The van der Waals surface area contributed by atoms with Gasteiger partial charge < -0.3 is 10.6 Å². The van der Waals surface area contributed by atoms with Gasteiger partial charge in [-0.25, -0.2) is 0 Å². The van der Waals surface area contributed by atoms with Gasteiger partial charge in [0.25, 0.3) is 5.91 Å². The minimum atomic E-state index is -0.234. The van der Waals surface area contributed by atoms with E-state index in [4.69, 9.17) is 5.73 Å². The molecule has 2 N–H and O–H groups in total. The number of nitrogen functional groups attached to an aromatic ring is 1. The fraction of sp³-hybridized carbons (Fsp3) is 0.417. The van der Waals surface area contributed by atoms with E-state index in [0.717, 1.165) is 0 Å². The lowest BCUT2D eigenvalue weighted by molar-refractivity contribution is 0.0623. The van der Waals surface area contributed by atoms with Crippen molar-refractivity contribution in [2.75, 3.05) is 12.3 Å². The number of carbonyl (C=O) groups is 1. The van der Waals surface area contributed by atoms with E-state index < -0.39 is 0 Å². The summed E-state index contributed by atoms with van der Waals surface area (Å²) in [7, 11) is 0. The normalized spacial score (nSPS) is 11.2. The Balaban J connectivity index is 3.01. The first-order valence-corrected chi connectivity index (χ1v) is 6.01. The Bertz CT molecular complexity index is 390. The Hall–Kier alpha value is -1.29. The molecular weight excluding hydrogens is 220 g/mol. The van der Waals surface area contributed by atoms with Gasteiger partial charge in [0, 0.05) is 12.1 Å². The van der Waals surface area contributed by atoms with Crippen molar-refractivity contribution in [3.8, 4) is 0 Å². The SMILES string of the molecule is C=CCN(C(=O)c1sccc1N)C(C)(C)C. The first-order chi connectivity index (χ1) is 7.38. The van der Waals surface area contributed by atoms with E-state index in [0.29, 0.717) is 17.1 Å². The lowest BCUT2D eigenvalue weighted by Crippen LogP contribution is -2.45. The second kappa shape index (κ2) is 4.70. The maximum atomic E-state index is 12.3. The molecule has 1 aromatic heterocycles. The average Bonchev–Trinajstić information content (AvgIpc) is 2.58. The fourth-order valence-electron chi connectivity index (χ4n) is 1.41. The number of carbonyl (C=O) groups excluding carboxylic acids is 1. The summed E-state index contributed by atoms with van der Waals surface area (Å²) in [5.74, 6) is -0.0279.